The Kier molecular flexibility index (Phi) is 3.96. The zero-order valence-corrected chi connectivity index (χ0v) is 13.8. The molecule has 1 unspecified atom stereocenters. The van der Waals surface area contributed by atoms with Crippen molar-refractivity contribution in [1.82, 2.24) is 5.32 Å². The van der Waals surface area contributed by atoms with Crippen LogP contribution in [0.15, 0.2) is 36.4 Å². The van der Waals surface area contributed by atoms with E-state index < -0.39 is 0 Å². The lowest BCUT2D eigenvalue weighted by molar-refractivity contribution is 0.280. The van der Waals surface area contributed by atoms with Crippen molar-refractivity contribution < 1.29 is 5.11 Å². The number of benzene rings is 2. The van der Waals surface area contributed by atoms with Gasteiger partial charge in [-0.3, -0.25) is 0 Å². The fourth-order valence-corrected chi connectivity index (χ4v) is 3.99. The van der Waals surface area contributed by atoms with Gasteiger partial charge in [0.25, 0.3) is 0 Å². The lowest BCUT2D eigenvalue weighted by Gasteiger charge is -2.19. The third-order valence-electron chi connectivity index (χ3n) is 5.42. The molecule has 2 nitrogen and oxygen atoms in total. The first-order valence-corrected chi connectivity index (χ1v) is 8.82. The van der Waals surface area contributed by atoms with Gasteiger partial charge < -0.3 is 10.4 Å². The van der Waals surface area contributed by atoms with Crippen LogP contribution in [0.25, 0.3) is 11.1 Å². The van der Waals surface area contributed by atoms with Crippen LogP contribution in [0.3, 0.4) is 0 Å². The van der Waals surface area contributed by atoms with E-state index in [2.05, 4.69) is 48.6 Å². The molecular weight excluding hydrogens is 282 g/mol. The van der Waals surface area contributed by atoms with E-state index in [1.807, 2.05) is 0 Å². The highest BCUT2D eigenvalue weighted by molar-refractivity contribution is 5.73. The van der Waals surface area contributed by atoms with Crippen molar-refractivity contribution in [1.29, 1.82) is 0 Å². The Morgan fingerprint density at radius 3 is 2.52 bits per heavy atom. The SMILES string of the molecule is Cc1cc(C2CCNC2)c(CO)cc1-c1ccccc1C1CC1. The van der Waals surface area contributed by atoms with Crippen molar-refractivity contribution in [3.63, 3.8) is 0 Å². The van der Waals surface area contributed by atoms with E-state index in [0.717, 1.165) is 24.6 Å². The van der Waals surface area contributed by atoms with Gasteiger partial charge in [0, 0.05) is 6.54 Å². The molecule has 1 saturated heterocycles. The van der Waals surface area contributed by atoms with Crippen LogP contribution in [-0.4, -0.2) is 18.2 Å². The molecule has 0 aromatic heterocycles. The van der Waals surface area contributed by atoms with Crippen molar-refractivity contribution in [3.8, 4) is 11.1 Å². The summed E-state index contributed by atoms with van der Waals surface area (Å²) in [6.45, 7) is 4.46. The van der Waals surface area contributed by atoms with Crippen molar-refractivity contribution in [2.24, 2.45) is 0 Å². The lowest BCUT2D eigenvalue weighted by atomic mass is 9.86. The Labute approximate surface area is 138 Å². The van der Waals surface area contributed by atoms with Crippen molar-refractivity contribution in [2.75, 3.05) is 13.1 Å². The van der Waals surface area contributed by atoms with E-state index in [-0.39, 0.29) is 6.61 Å². The maximum Gasteiger partial charge on any atom is 0.0684 e. The fourth-order valence-electron chi connectivity index (χ4n) is 3.99. The molecule has 2 aromatic rings. The van der Waals surface area contributed by atoms with Crippen LogP contribution in [0, 0.1) is 6.92 Å². The number of hydrogen-bond donors (Lipinski definition) is 2. The molecule has 1 saturated carbocycles. The minimum absolute atomic E-state index is 0.130. The summed E-state index contributed by atoms with van der Waals surface area (Å²) in [6.07, 6.45) is 3.80. The molecule has 2 aliphatic rings. The van der Waals surface area contributed by atoms with Gasteiger partial charge in [0.1, 0.15) is 0 Å². The normalized spacial score (nSPS) is 20.9. The Hall–Kier alpha value is -1.64. The number of aliphatic hydroxyl groups is 1. The smallest absolute Gasteiger partial charge is 0.0684 e. The first-order chi connectivity index (χ1) is 11.3. The van der Waals surface area contributed by atoms with Gasteiger partial charge in [0.2, 0.25) is 0 Å². The second-order valence-electron chi connectivity index (χ2n) is 7.08. The molecule has 2 aromatic carbocycles. The van der Waals surface area contributed by atoms with Crippen molar-refractivity contribution in [2.45, 2.75) is 44.6 Å². The molecular formula is C21H25NO. The van der Waals surface area contributed by atoms with E-state index >= 15 is 0 Å². The molecule has 0 radical (unpaired) electrons. The summed E-state index contributed by atoms with van der Waals surface area (Å²) in [5.41, 5.74) is 7.91. The number of aliphatic hydroxyl groups excluding tert-OH is 1. The van der Waals surface area contributed by atoms with Crippen molar-refractivity contribution >= 4 is 0 Å². The molecule has 120 valence electrons. The molecule has 23 heavy (non-hydrogen) atoms. The van der Waals surface area contributed by atoms with Crippen LogP contribution in [0.1, 0.15) is 53.4 Å². The number of hydrogen-bond acceptors (Lipinski definition) is 2. The molecule has 2 heteroatoms. The number of aryl methyl sites for hydroxylation is 1. The predicted octanol–water partition coefficient (Wildman–Crippen LogP) is 4.11. The van der Waals surface area contributed by atoms with Gasteiger partial charge >= 0.3 is 0 Å². The Balaban J connectivity index is 1.80. The second-order valence-corrected chi connectivity index (χ2v) is 7.08. The largest absolute Gasteiger partial charge is 0.392 e. The van der Waals surface area contributed by atoms with Gasteiger partial charge in [-0.05, 0) is 84.0 Å². The summed E-state index contributed by atoms with van der Waals surface area (Å²) in [4.78, 5) is 0. The van der Waals surface area contributed by atoms with E-state index in [9.17, 15) is 5.11 Å². The molecule has 2 fully saturated rings. The Bertz CT molecular complexity index is 712. The Morgan fingerprint density at radius 1 is 1.00 bits per heavy atom. The maximum absolute atomic E-state index is 9.91. The van der Waals surface area contributed by atoms with E-state index in [1.165, 1.54) is 47.1 Å². The molecule has 1 atom stereocenters. The van der Waals surface area contributed by atoms with Gasteiger partial charge in [-0.2, -0.15) is 0 Å². The van der Waals surface area contributed by atoms with Crippen LogP contribution in [0.5, 0.6) is 0 Å². The van der Waals surface area contributed by atoms with Gasteiger partial charge in [0.15, 0.2) is 0 Å². The lowest BCUT2D eigenvalue weighted by Crippen LogP contribution is -2.10. The average Bonchev–Trinajstić information content (AvgIpc) is 3.29. The molecule has 1 heterocycles. The standard InChI is InChI=1S/C21H25NO/c1-14-10-21(16-8-9-22-12-16)17(13-23)11-20(14)19-5-3-2-4-18(19)15-6-7-15/h2-5,10-11,15-16,22-23H,6-9,12-13H2,1H3. The van der Waals surface area contributed by atoms with Gasteiger partial charge in [-0.25, -0.2) is 0 Å². The summed E-state index contributed by atoms with van der Waals surface area (Å²) in [5.74, 6) is 1.28. The molecule has 0 amide bonds. The zero-order chi connectivity index (χ0) is 15.8. The van der Waals surface area contributed by atoms with Crippen LogP contribution in [0.2, 0.25) is 0 Å². The van der Waals surface area contributed by atoms with Gasteiger partial charge in [0.05, 0.1) is 6.61 Å². The topological polar surface area (TPSA) is 32.3 Å². The van der Waals surface area contributed by atoms with Crippen LogP contribution < -0.4 is 5.32 Å². The third-order valence-corrected chi connectivity index (χ3v) is 5.42. The predicted molar refractivity (Wildman–Crippen MR) is 94.7 cm³/mol. The summed E-state index contributed by atoms with van der Waals surface area (Å²) in [5, 5.41) is 13.3. The molecule has 1 aliphatic carbocycles. The monoisotopic (exact) mass is 307 g/mol. The summed E-state index contributed by atoms with van der Waals surface area (Å²) in [6, 6.07) is 13.4. The van der Waals surface area contributed by atoms with E-state index in [1.54, 1.807) is 0 Å². The number of nitrogens with one attached hydrogen (secondary N) is 1. The first-order valence-electron chi connectivity index (χ1n) is 8.82. The second kappa shape index (κ2) is 6.10. The minimum atomic E-state index is 0.130. The van der Waals surface area contributed by atoms with Crippen molar-refractivity contribution in [3.05, 3.63) is 58.7 Å². The molecule has 0 spiro atoms. The first kappa shape index (κ1) is 14.9. The van der Waals surface area contributed by atoms with Gasteiger partial charge in [-0.1, -0.05) is 30.3 Å². The molecule has 4 rings (SSSR count). The fraction of sp³-hybridized carbons (Fsp3) is 0.429. The van der Waals surface area contributed by atoms with Crippen LogP contribution in [-0.2, 0) is 6.61 Å². The summed E-state index contributed by atoms with van der Waals surface area (Å²) < 4.78 is 0. The third kappa shape index (κ3) is 2.82. The number of rotatable bonds is 4. The van der Waals surface area contributed by atoms with Crippen LogP contribution >= 0.6 is 0 Å². The summed E-state index contributed by atoms with van der Waals surface area (Å²) >= 11 is 0. The molecule has 1 aliphatic heterocycles. The van der Waals surface area contributed by atoms with E-state index in [0.29, 0.717) is 5.92 Å². The highest BCUT2D eigenvalue weighted by Gasteiger charge is 2.27. The minimum Gasteiger partial charge on any atom is -0.392 e. The average molecular weight is 307 g/mol. The molecule has 2 N–H and O–H groups in total. The summed E-state index contributed by atoms with van der Waals surface area (Å²) in [7, 11) is 0. The highest BCUT2D eigenvalue weighted by Crippen LogP contribution is 2.45. The van der Waals surface area contributed by atoms with Gasteiger partial charge in [-0.15, -0.1) is 0 Å². The van der Waals surface area contributed by atoms with E-state index in [4.69, 9.17) is 0 Å². The Morgan fingerprint density at radius 2 is 1.83 bits per heavy atom. The van der Waals surface area contributed by atoms with Crippen LogP contribution in [0.4, 0.5) is 0 Å². The maximum atomic E-state index is 9.91. The quantitative estimate of drug-likeness (QED) is 0.891. The molecule has 0 bridgehead atoms. The highest BCUT2D eigenvalue weighted by atomic mass is 16.3. The zero-order valence-electron chi connectivity index (χ0n) is 13.8.